The maximum atomic E-state index is 5.89. The molecule has 2 aromatic rings. The number of hydrogen-bond donors (Lipinski definition) is 2. The van der Waals surface area contributed by atoms with Gasteiger partial charge in [0.1, 0.15) is 17.7 Å². The Morgan fingerprint density at radius 2 is 2.32 bits per heavy atom. The van der Waals surface area contributed by atoms with Gasteiger partial charge in [-0.05, 0) is 11.6 Å². The first kappa shape index (κ1) is 12.2. The third-order valence-corrected chi connectivity index (χ3v) is 3.38. The Bertz CT molecular complexity index is 591. The van der Waals surface area contributed by atoms with Crippen molar-refractivity contribution in [2.45, 2.75) is 32.3 Å². The highest BCUT2D eigenvalue weighted by atomic mass is 16.5. The van der Waals surface area contributed by atoms with Crippen LogP contribution >= 0.6 is 0 Å². The Balaban J connectivity index is 2.00. The molecule has 2 heterocycles. The van der Waals surface area contributed by atoms with Gasteiger partial charge in [0, 0.05) is 18.9 Å². The smallest absolute Gasteiger partial charge is 0.184 e. The maximum Gasteiger partial charge on any atom is 0.184 e. The molecule has 1 aliphatic heterocycles. The van der Waals surface area contributed by atoms with E-state index in [1.54, 1.807) is 0 Å². The van der Waals surface area contributed by atoms with Crippen LogP contribution in [0.5, 0.6) is 5.75 Å². The van der Waals surface area contributed by atoms with Gasteiger partial charge in [-0.3, -0.25) is 5.10 Å². The van der Waals surface area contributed by atoms with Crippen molar-refractivity contribution in [1.29, 1.82) is 0 Å². The van der Waals surface area contributed by atoms with Crippen molar-refractivity contribution in [1.82, 2.24) is 15.2 Å². The summed E-state index contributed by atoms with van der Waals surface area (Å²) in [4.78, 5) is 4.53. The number of nitrogens with one attached hydrogen (secondary N) is 1. The zero-order chi connectivity index (χ0) is 13.4. The minimum atomic E-state index is 0.0691. The van der Waals surface area contributed by atoms with Crippen molar-refractivity contribution in [2.24, 2.45) is 5.73 Å². The van der Waals surface area contributed by atoms with E-state index in [0.717, 1.165) is 23.6 Å². The van der Waals surface area contributed by atoms with Gasteiger partial charge >= 0.3 is 0 Å². The van der Waals surface area contributed by atoms with E-state index in [1.165, 1.54) is 5.56 Å². The Morgan fingerprint density at radius 3 is 3.00 bits per heavy atom. The summed E-state index contributed by atoms with van der Waals surface area (Å²) in [5.74, 6) is 2.79. The van der Waals surface area contributed by atoms with Crippen molar-refractivity contribution in [2.75, 3.05) is 6.54 Å². The number of fused-ring (bicyclic) bond motifs is 1. The zero-order valence-corrected chi connectivity index (χ0v) is 11.2. The molecule has 3 N–H and O–H groups in total. The first-order valence-electron chi connectivity index (χ1n) is 6.60. The molecule has 0 amide bonds. The molecule has 5 heteroatoms. The lowest BCUT2D eigenvalue weighted by atomic mass is 10.1. The second-order valence-corrected chi connectivity index (χ2v) is 5.17. The van der Waals surface area contributed by atoms with Crippen LogP contribution in [0.3, 0.4) is 0 Å². The van der Waals surface area contributed by atoms with E-state index in [-0.39, 0.29) is 6.10 Å². The molecule has 1 unspecified atom stereocenters. The Kier molecular flexibility index (Phi) is 2.98. The molecule has 0 bridgehead atoms. The van der Waals surface area contributed by atoms with Crippen LogP contribution in [0.25, 0.3) is 11.4 Å². The first-order valence-corrected chi connectivity index (χ1v) is 6.60. The molecule has 1 aromatic carbocycles. The summed E-state index contributed by atoms with van der Waals surface area (Å²) in [5, 5.41) is 7.27. The largest absolute Gasteiger partial charge is 0.488 e. The molecule has 0 saturated heterocycles. The van der Waals surface area contributed by atoms with Crippen LogP contribution in [-0.2, 0) is 6.42 Å². The van der Waals surface area contributed by atoms with Crippen LogP contribution in [0.4, 0.5) is 0 Å². The number of ether oxygens (including phenoxy) is 1. The summed E-state index contributed by atoms with van der Waals surface area (Å²) in [6, 6.07) is 6.08. The summed E-state index contributed by atoms with van der Waals surface area (Å²) in [6.45, 7) is 4.70. The predicted molar refractivity (Wildman–Crippen MR) is 73.1 cm³/mol. The average molecular weight is 258 g/mol. The van der Waals surface area contributed by atoms with Crippen molar-refractivity contribution < 1.29 is 4.74 Å². The first-order chi connectivity index (χ1) is 9.19. The zero-order valence-electron chi connectivity index (χ0n) is 11.2. The molecule has 19 heavy (non-hydrogen) atoms. The number of hydrogen-bond acceptors (Lipinski definition) is 4. The number of H-pyrrole nitrogens is 1. The van der Waals surface area contributed by atoms with Crippen molar-refractivity contribution in [3.05, 3.63) is 29.6 Å². The predicted octanol–water partition coefficient (Wildman–Crippen LogP) is 1.86. The van der Waals surface area contributed by atoms with Crippen LogP contribution in [-0.4, -0.2) is 27.8 Å². The highest BCUT2D eigenvalue weighted by molar-refractivity contribution is 5.67. The lowest BCUT2D eigenvalue weighted by Crippen LogP contribution is -2.24. The minimum absolute atomic E-state index is 0.0691. The van der Waals surface area contributed by atoms with Crippen LogP contribution in [0.1, 0.15) is 31.2 Å². The van der Waals surface area contributed by atoms with E-state index in [9.17, 15) is 0 Å². The van der Waals surface area contributed by atoms with E-state index in [4.69, 9.17) is 10.5 Å². The Labute approximate surface area is 112 Å². The van der Waals surface area contributed by atoms with Gasteiger partial charge in [0.25, 0.3) is 0 Å². The summed E-state index contributed by atoms with van der Waals surface area (Å²) < 4.78 is 5.89. The van der Waals surface area contributed by atoms with E-state index in [1.807, 2.05) is 12.1 Å². The standard InChI is InChI=1S/C14H18N4O/c1-8(2)13-16-14(18-17-13)11-5-3-4-9-6-10(7-15)19-12(9)11/h3-5,8,10H,6-7,15H2,1-2H3,(H,16,17,18). The molecular weight excluding hydrogens is 240 g/mol. The highest BCUT2D eigenvalue weighted by Crippen LogP contribution is 2.37. The maximum absolute atomic E-state index is 5.89. The number of nitrogens with zero attached hydrogens (tertiary/aromatic N) is 2. The van der Waals surface area contributed by atoms with Crippen molar-refractivity contribution in [3.8, 4) is 17.1 Å². The third kappa shape index (κ3) is 2.10. The summed E-state index contributed by atoms with van der Waals surface area (Å²) in [6.07, 6.45) is 0.931. The Hall–Kier alpha value is -1.88. The van der Waals surface area contributed by atoms with Crippen LogP contribution in [0, 0.1) is 0 Å². The SMILES string of the molecule is CC(C)c1nc(-c2cccc3c2OC(CN)C3)n[nH]1. The van der Waals surface area contributed by atoms with Crippen molar-refractivity contribution >= 4 is 0 Å². The number of rotatable bonds is 3. The normalized spacial score (nSPS) is 17.6. The van der Waals surface area contributed by atoms with Gasteiger partial charge in [0.05, 0.1) is 5.56 Å². The fourth-order valence-electron chi connectivity index (χ4n) is 2.30. The summed E-state index contributed by atoms with van der Waals surface area (Å²) >= 11 is 0. The second kappa shape index (κ2) is 4.66. The van der Waals surface area contributed by atoms with Crippen LogP contribution < -0.4 is 10.5 Å². The third-order valence-electron chi connectivity index (χ3n) is 3.38. The summed E-state index contributed by atoms with van der Waals surface area (Å²) in [5.41, 5.74) is 7.81. The van der Waals surface area contributed by atoms with Gasteiger partial charge < -0.3 is 10.5 Å². The number of aromatic amines is 1. The monoisotopic (exact) mass is 258 g/mol. The average Bonchev–Trinajstić information content (AvgIpc) is 3.04. The fraction of sp³-hybridized carbons (Fsp3) is 0.429. The lowest BCUT2D eigenvalue weighted by molar-refractivity contribution is 0.242. The molecule has 0 spiro atoms. The molecule has 0 fully saturated rings. The van der Waals surface area contributed by atoms with Gasteiger partial charge in [0.15, 0.2) is 5.82 Å². The number of para-hydroxylation sites is 1. The van der Waals surface area contributed by atoms with E-state index in [0.29, 0.717) is 18.3 Å². The summed E-state index contributed by atoms with van der Waals surface area (Å²) in [7, 11) is 0. The fourth-order valence-corrected chi connectivity index (χ4v) is 2.30. The lowest BCUT2D eigenvalue weighted by Gasteiger charge is -2.08. The van der Waals surface area contributed by atoms with Crippen LogP contribution in [0.2, 0.25) is 0 Å². The molecule has 1 aliphatic rings. The second-order valence-electron chi connectivity index (χ2n) is 5.17. The molecule has 0 saturated carbocycles. The molecule has 100 valence electrons. The van der Waals surface area contributed by atoms with E-state index < -0.39 is 0 Å². The molecular formula is C14H18N4O. The van der Waals surface area contributed by atoms with Crippen LogP contribution in [0.15, 0.2) is 18.2 Å². The van der Waals surface area contributed by atoms with Gasteiger partial charge in [-0.25, -0.2) is 4.98 Å². The molecule has 0 aliphatic carbocycles. The molecule has 1 aromatic heterocycles. The highest BCUT2D eigenvalue weighted by Gasteiger charge is 2.26. The van der Waals surface area contributed by atoms with Gasteiger partial charge in [-0.2, -0.15) is 5.10 Å². The molecule has 5 nitrogen and oxygen atoms in total. The minimum Gasteiger partial charge on any atom is -0.488 e. The van der Waals surface area contributed by atoms with Gasteiger partial charge in [-0.1, -0.05) is 26.0 Å². The number of nitrogens with two attached hydrogens (primary N) is 1. The van der Waals surface area contributed by atoms with Crippen molar-refractivity contribution in [3.63, 3.8) is 0 Å². The van der Waals surface area contributed by atoms with E-state index in [2.05, 4.69) is 35.1 Å². The molecule has 0 radical (unpaired) electrons. The van der Waals surface area contributed by atoms with E-state index >= 15 is 0 Å². The molecule has 3 rings (SSSR count). The van der Waals surface area contributed by atoms with Gasteiger partial charge in [-0.15, -0.1) is 0 Å². The van der Waals surface area contributed by atoms with Gasteiger partial charge in [0.2, 0.25) is 0 Å². The number of benzene rings is 1. The quantitative estimate of drug-likeness (QED) is 0.881. The molecule has 1 atom stereocenters. The topological polar surface area (TPSA) is 76.8 Å². The Morgan fingerprint density at radius 1 is 1.47 bits per heavy atom. The number of aromatic nitrogens is 3.